The maximum absolute atomic E-state index is 11.6. The molecular weight excluding hydrogens is 426 g/mol. The Morgan fingerprint density at radius 3 is 2.41 bits per heavy atom. The molecule has 176 valence electrons. The summed E-state index contributed by atoms with van der Waals surface area (Å²) in [6.07, 6.45) is 0.272. The smallest absolute Gasteiger partial charge is 0.407 e. The van der Waals surface area contributed by atoms with Crippen molar-refractivity contribution >= 4 is 39.3 Å². The number of aryl methyl sites for hydroxylation is 2. The Bertz CT molecular complexity index is 1330. The number of ether oxygens (including phenoxy) is 2. The number of nitrogens with zero attached hydrogens (tertiary/aromatic N) is 1. The van der Waals surface area contributed by atoms with Crippen molar-refractivity contribution < 1.29 is 14.3 Å². The minimum absolute atomic E-state index is 0.0611. The van der Waals surface area contributed by atoms with Crippen LogP contribution >= 0.6 is 0 Å². The Morgan fingerprint density at radius 1 is 0.971 bits per heavy atom. The first kappa shape index (κ1) is 23.4. The maximum atomic E-state index is 11.6. The molecule has 0 bridgehead atoms. The van der Waals surface area contributed by atoms with E-state index in [9.17, 15) is 4.79 Å². The summed E-state index contributed by atoms with van der Waals surface area (Å²) in [5.41, 5.74) is 7.16. The molecule has 2 N–H and O–H groups in total. The number of hydrogen-bond acceptors (Lipinski definition) is 5. The van der Waals surface area contributed by atoms with Gasteiger partial charge in [0.1, 0.15) is 5.75 Å². The second-order valence-corrected chi connectivity index (χ2v) is 8.85. The lowest BCUT2D eigenvalue weighted by Crippen LogP contribution is -2.31. The quantitative estimate of drug-likeness (QED) is 0.313. The third kappa shape index (κ3) is 5.22. The first-order chi connectivity index (χ1) is 16.3. The molecule has 0 saturated heterocycles. The van der Waals surface area contributed by atoms with Crippen molar-refractivity contribution in [1.82, 2.24) is 10.3 Å². The zero-order valence-electron chi connectivity index (χ0n) is 20.4. The van der Waals surface area contributed by atoms with E-state index in [2.05, 4.69) is 41.8 Å². The highest BCUT2D eigenvalue weighted by Crippen LogP contribution is 2.36. The van der Waals surface area contributed by atoms with Crippen LogP contribution < -0.4 is 15.4 Å². The van der Waals surface area contributed by atoms with E-state index in [1.165, 1.54) is 5.56 Å². The lowest BCUT2D eigenvalue weighted by molar-refractivity contribution is 0.145. The van der Waals surface area contributed by atoms with Crippen molar-refractivity contribution in [3.63, 3.8) is 0 Å². The molecule has 34 heavy (non-hydrogen) atoms. The van der Waals surface area contributed by atoms with Gasteiger partial charge in [0.15, 0.2) is 0 Å². The van der Waals surface area contributed by atoms with Gasteiger partial charge in [-0.1, -0.05) is 24.3 Å². The number of aromatic nitrogens is 1. The standard InChI is InChI=1S/C28H31N3O3/c1-17(2)29-28(32)34-13-12-20-7-9-21(10-8-20)30-27-22-11-6-18(3)14-24(22)31-25-15-19(4)26(33-5)16-23(25)27/h6-11,14-17H,12-13H2,1-5H3,(H,29,32)(H,30,31). The highest BCUT2D eigenvalue weighted by Gasteiger charge is 2.13. The largest absolute Gasteiger partial charge is 0.496 e. The lowest BCUT2D eigenvalue weighted by Gasteiger charge is -2.16. The Kier molecular flexibility index (Phi) is 6.87. The zero-order chi connectivity index (χ0) is 24.2. The van der Waals surface area contributed by atoms with Crippen molar-refractivity contribution in [2.45, 2.75) is 40.2 Å². The first-order valence-corrected chi connectivity index (χ1v) is 11.5. The van der Waals surface area contributed by atoms with E-state index in [0.29, 0.717) is 13.0 Å². The van der Waals surface area contributed by atoms with Gasteiger partial charge in [0.25, 0.3) is 0 Å². The second kappa shape index (κ2) is 10.00. The molecule has 0 spiro atoms. The molecule has 0 aliphatic carbocycles. The molecule has 1 aromatic heterocycles. The van der Waals surface area contributed by atoms with Crippen molar-refractivity contribution in [2.75, 3.05) is 19.0 Å². The first-order valence-electron chi connectivity index (χ1n) is 11.5. The topological polar surface area (TPSA) is 72.5 Å². The number of nitrogens with one attached hydrogen (secondary N) is 2. The molecule has 0 saturated carbocycles. The van der Waals surface area contributed by atoms with E-state index in [1.807, 2.05) is 51.1 Å². The van der Waals surface area contributed by atoms with Gasteiger partial charge >= 0.3 is 6.09 Å². The average molecular weight is 458 g/mol. The second-order valence-electron chi connectivity index (χ2n) is 8.85. The molecule has 0 atom stereocenters. The van der Waals surface area contributed by atoms with Crippen LogP contribution in [0.4, 0.5) is 16.2 Å². The van der Waals surface area contributed by atoms with Crippen molar-refractivity contribution in [3.05, 3.63) is 71.3 Å². The number of carbonyl (C=O) groups is 1. The van der Waals surface area contributed by atoms with Gasteiger partial charge < -0.3 is 20.1 Å². The van der Waals surface area contributed by atoms with E-state index in [-0.39, 0.29) is 12.1 Å². The summed E-state index contributed by atoms with van der Waals surface area (Å²) >= 11 is 0. The number of hydrogen-bond donors (Lipinski definition) is 2. The fourth-order valence-corrected chi connectivity index (χ4v) is 3.98. The van der Waals surface area contributed by atoms with Crippen LogP contribution in [-0.4, -0.2) is 30.8 Å². The van der Waals surface area contributed by atoms with Crippen LogP contribution in [0.5, 0.6) is 5.75 Å². The molecule has 0 aliphatic heterocycles. The third-order valence-electron chi connectivity index (χ3n) is 5.70. The molecule has 4 rings (SSSR count). The van der Waals surface area contributed by atoms with Crippen LogP contribution in [0.3, 0.4) is 0 Å². The number of methoxy groups -OCH3 is 1. The third-order valence-corrected chi connectivity index (χ3v) is 5.70. The van der Waals surface area contributed by atoms with Crippen LogP contribution in [0, 0.1) is 13.8 Å². The van der Waals surface area contributed by atoms with Crippen LogP contribution in [-0.2, 0) is 11.2 Å². The highest BCUT2D eigenvalue weighted by atomic mass is 16.5. The van der Waals surface area contributed by atoms with Gasteiger partial charge in [0, 0.05) is 28.9 Å². The van der Waals surface area contributed by atoms with Gasteiger partial charge in [-0.2, -0.15) is 0 Å². The number of pyridine rings is 1. The van der Waals surface area contributed by atoms with Crippen molar-refractivity contribution in [2.24, 2.45) is 0 Å². The van der Waals surface area contributed by atoms with Gasteiger partial charge in [-0.15, -0.1) is 0 Å². The summed E-state index contributed by atoms with van der Waals surface area (Å²) in [6.45, 7) is 8.25. The van der Waals surface area contributed by atoms with Crippen LogP contribution in [0.1, 0.15) is 30.5 Å². The monoisotopic (exact) mass is 457 g/mol. The molecule has 3 aromatic carbocycles. The molecule has 0 aliphatic rings. The fourth-order valence-electron chi connectivity index (χ4n) is 3.98. The van der Waals surface area contributed by atoms with Gasteiger partial charge in [0.05, 0.1) is 30.4 Å². The molecule has 1 amide bonds. The van der Waals surface area contributed by atoms with Crippen LogP contribution in [0.25, 0.3) is 21.8 Å². The Labute approximate surface area is 200 Å². The van der Waals surface area contributed by atoms with Crippen molar-refractivity contribution in [3.8, 4) is 5.75 Å². The van der Waals surface area contributed by atoms with Crippen LogP contribution in [0.2, 0.25) is 0 Å². The highest BCUT2D eigenvalue weighted by molar-refractivity contribution is 6.09. The number of amides is 1. The van der Waals surface area contributed by atoms with Gasteiger partial charge in [-0.05, 0) is 74.7 Å². The zero-order valence-corrected chi connectivity index (χ0v) is 20.4. The average Bonchev–Trinajstić information content (AvgIpc) is 2.79. The molecule has 0 fully saturated rings. The maximum Gasteiger partial charge on any atom is 0.407 e. The number of anilines is 2. The minimum Gasteiger partial charge on any atom is -0.496 e. The molecule has 4 aromatic rings. The van der Waals surface area contributed by atoms with Crippen molar-refractivity contribution in [1.29, 1.82) is 0 Å². The SMILES string of the molecule is COc1cc2c(Nc3ccc(CCOC(=O)NC(C)C)cc3)c3ccc(C)cc3nc2cc1C. The normalized spacial score (nSPS) is 11.1. The summed E-state index contributed by atoms with van der Waals surface area (Å²) in [5.74, 6) is 0.834. The molecule has 6 nitrogen and oxygen atoms in total. The lowest BCUT2D eigenvalue weighted by atomic mass is 10.0. The van der Waals surface area contributed by atoms with E-state index in [4.69, 9.17) is 14.5 Å². The summed E-state index contributed by atoms with van der Waals surface area (Å²) in [5, 5.41) is 8.40. The Morgan fingerprint density at radius 2 is 1.71 bits per heavy atom. The number of fused-ring (bicyclic) bond motifs is 2. The number of carbonyl (C=O) groups excluding carboxylic acids is 1. The van der Waals surface area contributed by atoms with Gasteiger partial charge in [-0.25, -0.2) is 9.78 Å². The number of alkyl carbamates (subject to hydrolysis) is 1. The minimum atomic E-state index is -0.384. The predicted octanol–water partition coefficient (Wildman–Crippen LogP) is 6.43. The summed E-state index contributed by atoms with van der Waals surface area (Å²) < 4.78 is 10.8. The Hall–Kier alpha value is -3.80. The van der Waals surface area contributed by atoms with Gasteiger partial charge in [0.2, 0.25) is 0 Å². The van der Waals surface area contributed by atoms with E-state index < -0.39 is 0 Å². The molecular formula is C28H31N3O3. The molecule has 6 heteroatoms. The summed E-state index contributed by atoms with van der Waals surface area (Å²) in [7, 11) is 1.69. The molecule has 0 radical (unpaired) electrons. The van der Waals surface area contributed by atoms with Gasteiger partial charge in [-0.3, -0.25) is 0 Å². The Balaban J connectivity index is 1.61. The van der Waals surface area contributed by atoms with E-state index in [1.54, 1.807) is 7.11 Å². The number of benzene rings is 3. The van der Waals surface area contributed by atoms with E-state index in [0.717, 1.165) is 50.1 Å². The summed E-state index contributed by atoms with van der Waals surface area (Å²) in [4.78, 5) is 16.6. The number of rotatable bonds is 7. The molecule has 1 heterocycles. The predicted molar refractivity (Wildman–Crippen MR) is 138 cm³/mol. The van der Waals surface area contributed by atoms with E-state index >= 15 is 0 Å². The van der Waals surface area contributed by atoms with Crippen LogP contribution in [0.15, 0.2) is 54.6 Å². The molecule has 0 unspecified atom stereocenters. The summed E-state index contributed by atoms with van der Waals surface area (Å²) in [6, 6.07) is 18.7. The fraction of sp³-hybridized carbons (Fsp3) is 0.286.